The number of rotatable bonds is 3. The van der Waals surface area contributed by atoms with Crippen LogP contribution in [0.15, 0.2) is 22.7 Å². The van der Waals surface area contributed by atoms with Gasteiger partial charge in [0.1, 0.15) is 0 Å². The summed E-state index contributed by atoms with van der Waals surface area (Å²) in [5.41, 5.74) is -0.536. The summed E-state index contributed by atoms with van der Waals surface area (Å²) >= 11 is 2.91. The fourth-order valence-electron chi connectivity index (χ4n) is 1.18. The Morgan fingerprint density at radius 1 is 1.41 bits per heavy atom. The molecule has 0 aromatic heterocycles. The molecule has 7 heteroatoms. The molecule has 0 heterocycles. The van der Waals surface area contributed by atoms with E-state index >= 15 is 0 Å². The molecule has 0 aliphatic heterocycles. The zero-order valence-corrected chi connectivity index (χ0v) is 9.92. The summed E-state index contributed by atoms with van der Waals surface area (Å²) in [7, 11) is 0. The maximum Gasteiger partial charge on any atom is 0.416 e. The zero-order valence-electron chi connectivity index (χ0n) is 8.33. The van der Waals surface area contributed by atoms with Crippen LogP contribution in [0.5, 0.6) is 0 Å². The Kier molecular flexibility index (Phi) is 4.16. The van der Waals surface area contributed by atoms with Crippen LogP contribution in [-0.4, -0.2) is 22.3 Å². The van der Waals surface area contributed by atoms with Crippen LogP contribution in [0.2, 0.25) is 0 Å². The summed E-state index contributed by atoms with van der Waals surface area (Å²) in [6.07, 6.45) is -6.34. The molecule has 0 radical (unpaired) electrons. The highest BCUT2D eigenvalue weighted by molar-refractivity contribution is 9.10. The average molecular weight is 313 g/mol. The lowest BCUT2D eigenvalue weighted by Gasteiger charge is -2.11. The number of halogens is 4. The smallest absolute Gasteiger partial charge is 0.416 e. The van der Waals surface area contributed by atoms with E-state index in [1.807, 2.05) is 0 Å². The summed E-state index contributed by atoms with van der Waals surface area (Å²) in [6.45, 7) is 0. The summed E-state index contributed by atoms with van der Waals surface area (Å²) in [5.74, 6) is -1.42. The van der Waals surface area contributed by atoms with Crippen molar-refractivity contribution < 1.29 is 28.2 Å². The lowest BCUT2D eigenvalue weighted by atomic mass is 10.1. The lowest BCUT2D eigenvalue weighted by Crippen LogP contribution is -2.22. The second-order valence-corrected chi connectivity index (χ2v) is 4.22. The van der Waals surface area contributed by atoms with Crippen molar-refractivity contribution in [2.75, 3.05) is 0 Å². The molecule has 17 heavy (non-hydrogen) atoms. The van der Waals surface area contributed by atoms with Crippen LogP contribution in [0.3, 0.4) is 0 Å². The highest BCUT2D eigenvalue weighted by Crippen LogP contribution is 2.32. The first-order chi connectivity index (χ1) is 7.71. The Balaban J connectivity index is 2.95. The van der Waals surface area contributed by atoms with Gasteiger partial charge >= 0.3 is 12.1 Å². The number of hydrogen-bond acceptors (Lipinski definition) is 2. The lowest BCUT2D eigenvalue weighted by molar-refractivity contribution is -0.146. The van der Waals surface area contributed by atoms with Gasteiger partial charge in [0.25, 0.3) is 0 Å². The van der Waals surface area contributed by atoms with E-state index in [9.17, 15) is 18.0 Å². The summed E-state index contributed by atoms with van der Waals surface area (Å²) in [4.78, 5) is 10.4. The number of carboxylic acids is 1. The molecule has 0 saturated carbocycles. The minimum atomic E-state index is -4.45. The topological polar surface area (TPSA) is 57.5 Å². The standard InChI is InChI=1S/C10H8BrF3O3/c11-7-4-6(10(12,13)14)2-1-5(7)3-8(15)9(16)17/h1-2,4,8,15H,3H2,(H,16,17). The number of hydrogen-bond donors (Lipinski definition) is 2. The number of benzene rings is 1. The summed E-state index contributed by atoms with van der Waals surface area (Å²) in [6, 6.07) is 2.83. The zero-order chi connectivity index (χ0) is 13.2. The Bertz CT molecular complexity index is 431. The first-order valence-electron chi connectivity index (χ1n) is 4.48. The first-order valence-corrected chi connectivity index (χ1v) is 5.27. The van der Waals surface area contributed by atoms with Crippen molar-refractivity contribution in [3.8, 4) is 0 Å². The van der Waals surface area contributed by atoms with E-state index in [-0.39, 0.29) is 10.9 Å². The van der Waals surface area contributed by atoms with Gasteiger partial charge in [-0.05, 0) is 17.7 Å². The third kappa shape index (κ3) is 3.71. The molecule has 0 aliphatic rings. The molecule has 0 saturated heterocycles. The van der Waals surface area contributed by atoms with Gasteiger partial charge in [-0.1, -0.05) is 22.0 Å². The predicted octanol–water partition coefficient (Wildman–Crippen LogP) is 2.46. The summed E-state index contributed by atoms with van der Waals surface area (Å²) in [5, 5.41) is 17.6. The van der Waals surface area contributed by atoms with E-state index < -0.39 is 23.8 Å². The number of aliphatic carboxylic acids is 1. The molecule has 1 atom stereocenters. The first kappa shape index (κ1) is 14.0. The highest BCUT2D eigenvalue weighted by Gasteiger charge is 2.31. The molecule has 0 bridgehead atoms. The van der Waals surface area contributed by atoms with Gasteiger partial charge in [0, 0.05) is 10.9 Å². The van der Waals surface area contributed by atoms with Gasteiger partial charge < -0.3 is 10.2 Å². The third-order valence-electron chi connectivity index (χ3n) is 2.08. The van der Waals surface area contributed by atoms with Crippen LogP contribution in [-0.2, 0) is 17.4 Å². The van der Waals surface area contributed by atoms with Gasteiger partial charge in [-0.3, -0.25) is 0 Å². The van der Waals surface area contributed by atoms with Crippen molar-refractivity contribution >= 4 is 21.9 Å². The van der Waals surface area contributed by atoms with Crippen molar-refractivity contribution in [1.29, 1.82) is 0 Å². The quantitative estimate of drug-likeness (QED) is 0.901. The van der Waals surface area contributed by atoms with Crippen LogP contribution in [0.4, 0.5) is 13.2 Å². The van der Waals surface area contributed by atoms with Crippen LogP contribution in [0.1, 0.15) is 11.1 Å². The molecular weight excluding hydrogens is 305 g/mol. The van der Waals surface area contributed by atoms with Gasteiger partial charge in [0.05, 0.1) is 5.56 Å². The third-order valence-corrected chi connectivity index (χ3v) is 2.82. The molecule has 1 aromatic carbocycles. The van der Waals surface area contributed by atoms with E-state index in [0.29, 0.717) is 5.56 Å². The minimum absolute atomic E-state index is 0.118. The Hall–Kier alpha value is -1.08. The van der Waals surface area contributed by atoms with Crippen LogP contribution in [0, 0.1) is 0 Å². The number of carboxylic acid groups (broad SMARTS) is 1. The maximum atomic E-state index is 12.3. The van der Waals surface area contributed by atoms with E-state index in [0.717, 1.165) is 18.2 Å². The summed E-state index contributed by atoms with van der Waals surface area (Å²) < 4.78 is 37.1. The molecule has 2 N–H and O–H groups in total. The number of aliphatic hydroxyl groups is 1. The van der Waals surface area contributed by atoms with Crippen LogP contribution >= 0.6 is 15.9 Å². The normalized spacial score (nSPS) is 13.5. The molecule has 3 nitrogen and oxygen atoms in total. The fraction of sp³-hybridized carbons (Fsp3) is 0.300. The van der Waals surface area contributed by atoms with Gasteiger partial charge in [-0.2, -0.15) is 13.2 Å². The van der Waals surface area contributed by atoms with Crippen molar-refractivity contribution in [1.82, 2.24) is 0 Å². The molecule has 1 aromatic rings. The van der Waals surface area contributed by atoms with Crippen molar-refractivity contribution in [2.24, 2.45) is 0 Å². The van der Waals surface area contributed by atoms with Gasteiger partial charge in [0.15, 0.2) is 6.10 Å². The Labute approximate surface area is 103 Å². The molecule has 0 amide bonds. The molecule has 0 aliphatic carbocycles. The number of carbonyl (C=O) groups is 1. The molecule has 0 spiro atoms. The number of aliphatic hydroxyl groups excluding tert-OH is 1. The van der Waals surface area contributed by atoms with E-state index in [1.54, 1.807) is 0 Å². The van der Waals surface area contributed by atoms with E-state index in [1.165, 1.54) is 0 Å². The van der Waals surface area contributed by atoms with E-state index in [2.05, 4.69) is 15.9 Å². The maximum absolute atomic E-state index is 12.3. The van der Waals surface area contributed by atoms with Crippen LogP contribution < -0.4 is 0 Å². The highest BCUT2D eigenvalue weighted by atomic mass is 79.9. The van der Waals surface area contributed by atoms with Crippen molar-refractivity contribution in [3.05, 3.63) is 33.8 Å². The second kappa shape index (κ2) is 5.05. The largest absolute Gasteiger partial charge is 0.479 e. The van der Waals surface area contributed by atoms with Gasteiger partial charge in [-0.25, -0.2) is 4.79 Å². The van der Waals surface area contributed by atoms with E-state index in [4.69, 9.17) is 10.2 Å². The molecule has 1 unspecified atom stereocenters. The second-order valence-electron chi connectivity index (χ2n) is 3.36. The minimum Gasteiger partial charge on any atom is -0.479 e. The molecular formula is C10H8BrF3O3. The fourth-order valence-corrected chi connectivity index (χ4v) is 1.73. The SMILES string of the molecule is O=C(O)C(O)Cc1ccc(C(F)(F)F)cc1Br. The number of alkyl halides is 3. The Morgan fingerprint density at radius 2 is 2.00 bits per heavy atom. The van der Waals surface area contributed by atoms with Crippen molar-refractivity contribution in [2.45, 2.75) is 18.7 Å². The average Bonchev–Trinajstić information content (AvgIpc) is 2.19. The van der Waals surface area contributed by atoms with Crippen molar-refractivity contribution in [3.63, 3.8) is 0 Å². The molecule has 0 fully saturated rings. The van der Waals surface area contributed by atoms with Gasteiger partial charge in [0.2, 0.25) is 0 Å². The predicted molar refractivity (Wildman–Crippen MR) is 56.5 cm³/mol. The Morgan fingerprint density at radius 3 is 2.41 bits per heavy atom. The monoisotopic (exact) mass is 312 g/mol. The van der Waals surface area contributed by atoms with Gasteiger partial charge in [-0.15, -0.1) is 0 Å². The van der Waals surface area contributed by atoms with Crippen LogP contribution in [0.25, 0.3) is 0 Å². The molecule has 1 rings (SSSR count). The molecule has 94 valence electrons.